The molecule has 2 rings (SSSR count). The van der Waals surface area contributed by atoms with Crippen LogP contribution in [0.25, 0.3) is 0 Å². The van der Waals surface area contributed by atoms with Crippen LogP contribution >= 0.6 is 11.6 Å². The largest absolute Gasteiger partial charge is 0.493 e. The van der Waals surface area contributed by atoms with Crippen LogP contribution in [0, 0.1) is 11.8 Å². The average molecular weight is 299 g/mol. The van der Waals surface area contributed by atoms with E-state index in [0.29, 0.717) is 35.5 Å². The average Bonchev–Trinajstić information content (AvgIpc) is 3.22. The normalized spacial score (nSPS) is 15.8. The fourth-order valence-corrected chi connectivity index (χ4v) is 2.15. The van der Waals surface area contributed by atoms with Crippen LogP contribution in [0.5, 0.6) is 11.5 Å². The molecule has 0 spiro atoms. The molecule has 5 heteroatoms. The Bertz CT molecular complexity index is 497. The first-order valence-electron chi connectivity index (χ1n) is 6.73. The number of aliphatic carboxylic acids is 1. The van der Waals surface area contributed by atoms with Gasteiger partial charge in [0.15, 0.2) is 11.5 Å². The number of methoxy groups -OCH3 is 1. The van der Waals surface area contributed by atoms with E-state index < -0.39 is 11.9 Å². The van der Waals surface area contributed by atoms with E-state index in [2.05, 4.69) is 0 Å². The summed E-state index contributed by atoms with van der Waals surface area (Å²) in [4.78, 5) is 10.9. The smallest absolute Gasteiger partial charge is 0.306 e. The number of carbonyl (C=O) groups is 1. The van der Waals surface area contributed by atoms with E-state index >= 15 is 0 Å². The van der Waals surface area contributed by atoms with Crippen molar-refractivity contribution >= 4 is 17.6 Å². The lowest BCUT2D eigenvalue weighted by Gasteiger charge is -2.14. The van der Waals surface area contributed by atoms with Crippen LogP contribution in [-0.4, -0.2) is 24.8 Å². The summed E-state index contributed by atoms with van der Waals surface area (Å²) in [5, 5.41) is 9.49. The number of benzene rings is 1. The minimum absolute atomic E-state index is 0.368. The summed E-state index contributed by atoms with van der Waals surface area (Å²) in [6.45, 7) is 2.33. The van der Waals surface area contributed by atoms with Gasteiger partial charge in [0.25, 0.3) is 0 Å². The predicted molar refractivity (Wildman–Crippen MR) is 76.7 cm³/mol. The molecule has 0 aliphatic heterocycles. The number of hydrogen-bond acceptors (Lipinski definition) is 3. The van der Waals surface area contributed by atoms with Crippen LogP contribution in [0.2, 0.25) is 5.02 Å². The molecule has 1 atom stereocenters. The van der Waals surface area contributed by atoms with E-state index in [4.69, 9.17) is 26.2 Å². The topological polar surface area (TPSA) is 55.8 Å². The van der Waals surface area contributed by atoms with Crippen molar-refractivity contribution in [1.29, 1.82) is 0 Å². The molecule has 0 aromatic heterocycles. The summed E-state index contributed by atoms with van der Waals surface area (Å²) in [6, 6.07) is 3.48. The molecule has 1 unspecified atom stereocenters. The number of carboxylic acid groups (broad SMARTS) is 1. The second kappa shape index (κ2) is 6.35. The highest BCUT2D eigenvalue weighted by Gasteiger charge is 2.23. The zero-order valence-corrected chi connectivity index (χ0v) is 12.4. The summed E-state index contributed by atoms with van der Waals surface area (Å²) in [5.74, 6) is 0.536. The van der Waals surface area contributed by atoms with Crippen LogP contribution < -0.4 is 9.47 Å². The van der Waals surface area contributed by atoms with Gasteiger partial charge in [-0.3, -0.25) is 4.79 Å². The minimum Gasteiger partial charge on any atom is -0.493 e. The number of carboxylic acids is 1. The SMILES string of the molecule is COc1cc(CC(C)C(=O)O)c(Cl)cc1OCC1CC1. The first kappa shape index (κ1) is 15.0. The number of rotatable bonds is 7. The zero-order valence-electron chi connectivity index (χ0n) is 11.7. The van der Waals surface area contributed by atoms with E-state index in [1.165, 1.54) is 12.8 Å². The standard InChI is InChI=1S/C15H19ClO4/c1-9(15(17)18)5-11-6-13(19-2)14(7-12(11)16)20-8-10-3-4-10/h6-7,9-10H,3-5,8H2,1-2H3,(H,17,18). The van der Waals surface area contributed by atoms with Gasteiger partial charge in [-0.1, -0.05) is 18.5 Å². The maximum atomic E-state index is 10.9. The highest BCUT2D eigenvalue weighted by molar-refractivity contribution is 6.31. The molecule has 1 aromatic rings. The molecule has 1 aromatic carbocycles. The summed E-state index contributed by atoms with van der Waals surface area (Å²) in [5.41, 5.74) is 0.761. The van der Waals surface area contributed by atoms with Crippen LogP contribution in [0.4, 0.5) is 0 Å². The van der Waals surface area contributed by atoms with Gasteiger partial charge in [0.2, 0.25) is 0 Å². The first-order chi connectivity index (χ1) is 9.51. The second-order valence-electron chi connectivity index (χ2n) is 5.29. The summed E-state index contributed by atoms with van der Waals surface area (Å²) < 4.78 is 11.0. The zero-order chi connectivity index (χ0) is 14.7. The quantitative estimate of drug-likeness (QED) is 0.838. The Hall–Kier alpha value is -1.42. The third-order valence-electron chi connectivity index (χ3n) is 3.45. The van der Waals surface area contributed by atoms with Gasteiger partial charge in [0.05, 0.1) is 19.6 Å². The molecule has 0 saturated heterocycles. The molecular weight excluding hydrogens is 280 g/mol. The third kappa shape index (κ3) is 3.79. The Morgan fingerprint density at radius 1 is 1.45 bits per heavy atom. The molecule has 20 heavy (non-hydrogen) atoms. The molecule has 110 valence electrons. The van der Waals surface area contributed by atoms with Crippen molar-refractivity contribution in [2.75, 3.05) is 13.7 Å². The van der Waals surface area contributed by atoms with Crippen molar-refractivity contribution < 1.29 is 19.4 Å². The van der Waals surface area contributed by atoms with Crippen LogP contribution in [-0.2, 0) is 11.2 Å². The minimum atomic E-state index is -0.839. The van der Waals surface area contributed by atoms with Crippen molar-refractivity contribution in [3.8, 4) is 11.5 Å². The van der Waals surface area contributed by atoms with Gasteiger partial charge in [-0.25, -0.2) is 0 Å². The molecule has 0 amide bonds. The molecule has 1 saturated carbocycles. The fourth-order valence-electron chi connectivity index (χ4n) is 1.92. The highest BCUT2D eigenvalue weighted by Crippen LogP contribution is 2.36. The van der Waals surface area contributed by atoms with E-state index in [9.17, 15) is 4.79 Å². The molecule has 1 aliphatic carbocycles. The summed E-state index contributed by atoms with van der Waals surface area (Å²) >= 11 is 6.21. The van der Waals surface area contributed by atoms with Gasteiger partial charge in [-0.05, 0) is 36.8 Å². The molecule has 4 nitrogen and oxygen atoms in total. The second-order valence-corrected chi connectivity index (χ2v) is 5.70. The number of halogens is 1. The molecule has 0 heterocycles. The molecule has 1 N–H and O–H groups in total. The summed E-state index contributed by atoms with van der Waals surface area (Å²) in [6.07, 6.45) is 2.79. The van der Waals surface area contributed by atoms with Gasteiger partial charge in [-0.15, -0.1) is 0 Å². The van der Waals surface area contributed by atoms with E-state index in [1.807, 2.05) is 0 Å². The van der Waals surface area contributed by atoms with E-state index in [-0.39, 0.29) is 0 Å². The van der Waals surface area contributed by atoms with Crippen LogP contribution in [0.1, 0.15) is 25.3 Å². The Balaban J connectivity index is 2.14. The highest BCUT2D eigenvalue weighted by atomic mass is 35.5. The summed E-state index contributed by atoms with van der Waals surface area (Å²) in [7, 11) is 1.57. The van der Waals surface area contributed by atoms with E-state index in [0.717, 1.165) is 5.56 Å². The molecule has 0 radical (unpaired) electrons. The molecule has 1 aliphatic rings. The Morgan fingerprint density at radius 3 is 2.70 bits per heavy atom. The number of ether oxygens (including phenoxy) is 2. The van der Waals surface area contributed by atoms with Gasteiger partial charge in [-0.2, -0.15) is 0 Å². The maximum Gasteiger partial charge on any atom is 0.306 e. The molecular formula is C15H19ClO4. The van der Waals surface area contributed by atoms with Gasteiger partial charge < -0.3 is 14.6 Å². The lowest BCUT2D eigenvalue weighted by atomic mass is 10.0. The van der Waals surface area contributed by atoms with Gasteiger partial charge in [0, 0.05) is 11.1 Å². The monoisotopic (exact) mass is 298 g/mol. The number of hydrogen-bond donors (Lipinski definition) is 1. The molecule has 0 bridgehead atoms. The van der Waals surface area contributed by atoms with Crippen molar-refractivity contribution in [2.24, 2.45) is 11.8 Å². The van der Waals surface area contributed by atoms with Crippen LogP contribution in [0.15, 0.2) is 12.1 Å². The van der Waals surface area contributed by atoms with Crippen molar-refractivity contribution in [1.82, 2.24) is 0 Å². The molecule has 1 fully saturated rings. The Labute approximate surface area is 123 Å². The Kier molecular flexibility index (Phi) is 4.76. The fraction of sp³-hybridized carbons (Fsp3) is 0.533. The lowest BCUT2D eigenvalue weighted by Crippen LogP contribution is -2.12. The van der Waals surface area contributed by atoms with Crippen molar-refractivity contribution in [3.05, 3.63) is 22.7 Å². The van der Waals surface area contributed by atoms with Crippen molar-refractivity contribution in [2.45, 2.75) is 26.2 Å². The van der Waals surface area contributed by atoms with Gasteiger partial charge >= 0.3 is 5.97 Å². The predicted octanol–water partition coefficient (Wildman–Crippen LogP) is 3.40. The Morgan fingerprint density at radius 2 is 2.15 bits per heavy atom. The van der Waals surface area contributed by atoms with Gasteiger partial charge in [0.1, 0.15) is 0 Å². The van der Waals surface area contributed by atoms with Crippen LogP contribution in [0.3, 0.4) is 0 Å². The van der Waals surface area contributed by atoms with Crippen molar-refractivity contribution in [3.63, 3.8) is 0 Å². The first-order valence-corrected chi connectivity index (χ1v) is 7.11. The van der Waals surface area contributed by atoms with E-state index in [1.54, 1.807) is 26.2 Å². The third-order valence-corrected chi connectivity index (χ3v) is 3.80. The maximum absolute atomic E-state index is 10.9. The lowest BCUT2D eigenvalue weighted by molar-refractivity contribution is -0.141.